The molecule has 1 fully saturated rings. The molecule has 1 aromatic rings. The molecule has 2 aliphatic carbocycles. The molecular formula is C16H22S. The minimum atomic E-state index is 0.735. The number of benzene rings is 1. The van der Waals surface area contributed by atoms with Crippen LogP contribution in [0, 0.1) is 11.8 Å². The highest BCUT2D eigenvalue weighted by Crippen LogP contribution is 2.52. The molecule has 0 spiro atoms. The van der Waals surface area contributed by atoms with Crippen LogP contribution in [-0.4, -0.2) is 0 Å². The van der Waals surface area contributed by atoms with Crippen molar-refractivity contribution in [2.75, 3.05) is 0 Å². The first kappa shape index (κ1) is 11.6. The molecule has 92 valence electrons. The lowest BCUT2D eigenvalue weighted by molar-refractivity contribution is 0.164. The zero-order valence-corrected chi connectivity index (χ0v) is 11.7. The van der Waals surface area contributed by atoms with Crippen LogP contribution in [0.5, 0.6) is 0 Å². The summed E-state index contributed by atoms with van der Waals surface area (Å²) in [6, 6.07) is 6.79. The van der Waals surface area contributed by atoms with E-state index in [0.717, 1.165) is 28.6 Å². The molecule has 0 N–H and O–H groups in total. The molecule has 1 saturated carbocycles. The highest BCUT2D eigenvalue weighted by atomic mass is 32.1. The molecule has 1 aromatic carbocycles. The predicted molar refractivity (Wildman–Crippen MR) is 76.0 cm³/mol. The molecular weight excluding hydrogens is 224 g/mol. The zero-order valence-electron chi connectivity index (χ0n) is 10.8. The third-order valence-electron chi connectivity index (χ3n) is 5.21. The lowest BCUT2D eigenvalue weighted by Gasteiger charge is -2.45. The van der Waals surface area contributed by atoms with Gasteiger partial charge in [-0.15, -0.1) is 12.6 Å². The Bertz CT molecular complexity index is 424. The van der Waals surface area contributed by atoms with E-state index in [1.165, 1.54) is 25.7 Å². The molecule has 3 rings (SSSR count). The van der Waals surface area contributed by atoms with E-state index >= 15 is 0 Å². The largest absolute Gasteiger partial charge is 0.143 e. The van der Waals surface area contributed by atoms with Gasteiger partial charge in [0.05, 0.1) is 0 Å². The fourth-order valence-electron chi connectivity index (χ4n) is 4.26. The molecule has 0 bridgehead atoms. The van der Waals surface area contributed by atoms with Crippen LogP contribution in [0.1, 0.15) is 62.5 Å². The zero-order chi connectivity index (χ0) is 12.0. The maximum atomic E-state index is 4.51. The van der Waals surface area contributed by atoms with Gasteiger partial charge in [0, 0.05) is 4.90 Å². The molecule has 0 aliphatic heterocycles. The van der Waals surface area contributed by atoms with Crippen molar-refractivity contribution < 1.29 is 0 Å². The van der Waals surface area contributed by atoms with Gasteiger partial charge in [0.25, 0.3) is 0 Å². The third kappa shape index (κ3) is 1.83. The lowest BCUT2D eigenvalue weighted by Crippen LogP contribution is -2.33. The highest BCUT2D eigenvalue weighted by molar-refractivity contribution is 7.80. The third-order valence-corrected chi connectivity index (χ3v) is 5.49. The van der Waals surface area contributed by atoms with Gasteiger partial charge in [-0.1, -0.05) is 32.8 Å². The minimum Gasteiger partial charge on any atom is -0.143 e. The van der Waals surface area contributed by atoms with Gasteiger partial charge < -0.3 is 0 Å². The van der Waals surface area contributed by atoms with E-state index in [0.29, 0.717) is 0 Å². The van der Waals surface area contributed by atoms with Crippen LogP contribution in [0.4, 0.5) is 0 Å². The highest BCUT2D eigenvalue weighted by Gasteiger charge is 2.39. The first-order valence-electron chi connectivity index (χ1n) is 7.01. The topological polar surface area (TPSA) is 0 Å². The summed E-state index contributed by atoms with van der Waals surface area (Å²) >= 11 is 4.51. The summed E-state index contributed by atoms with van der Waals surface area (Å²) in [4.78, 5) is 1.12. The smallest absolute Gasteiger partial charge is 0.00430 e. The summed E-state index contributed by atoms with van der Waals surface area (Å²) < 4.78 is 0. The van der Waals surface area contributed by atoms with Crippen molar-refractivity contribution in [1.29, 1.82) is 0 Å². The summed E-state index contributed by atoms with van der Waals surface area (Å²) in [7, 11) is 0. The van der Waals surface area contributed by atoms with E-state index < -0.39 is 0 Å². The van der Waals surface area contributed by atoms with E-state index in [-0.39, 0.29) is 0 Å². The maximum Gasteiger partial charge on any atom is 0.00430 e. The Balaban J connectivity index is 2.07. The van der Waals surface area contributed by atoms with Crippen molar-refractivity contribution in [3.05, 3.63) is 29.3 Å². The van der Waals surface area contributed by atoms with Crippen molar-refractivity contribution in [2.45, 2.75) is 56.3 Å². The Morgan fingerprint density at radius 1 is 0.941 bits per heavy atom. The molecule has 0 heterocycles. The van der Waals surface area contributed by atoms with Gasteiger partial charge in [0.15, 0.2) is 0 Å². The number of hydrogen-bond donors (Lipinski definition) is 1. The average molecular weight is 246 g/mol. The van der Waals surface area contributed by atoms with Gasteiger partial charge in [-0.25, -0.2) is 0 Å². The first-order chi connectivity index (χ1) is 8.18. The van der Waals surface area contributed by atoms with Crippen LogP contribution in [-0.2, 0) is 0 Å². The molecule has 1 heteroatoms. The maximum absolute atomic E-state index is 4.51. The Hall–Kier alpha value is -0.430. The second-order valence-corrected chi connectivity index (χ2v) is 6.52. The van der Waals surface area contributed by atoms with Crippen molar-refractivity contribution >= 4 is 12.6 Å². The van der Waals surface area contributed by atoms with Crippen LogP contribution >= 0.6 is 12.6 Å². The number of rotatable bonds is 0. The molecule has 0 radical (unpaired) electrons. The molecule has 4 unspecified atom stereocenters. The fourth-order valence-corrected chi connectivity index (χ4v) is 4.48. The molecule has 0 saturated heterocycles. The van der Waals surface area contributed by atoms with Gasteiger partial charge in [0.1, 0.15) is 0 Å². The number of fused-ring (bicyclic) bond motifs is 2. The lowest BCUT2D eigenvalue weighted by atomic mass is 9.60. The van der Waals surface area contributed by atoms with Gasteiger partial charge in [-0.05, 0) is 59.8 Å². The van der Waals surface area contributed by atoms with E-state index in [9.17, 15) is 0 Å². The minimum absolute atomic E-state index is 0.735. The second-order valence-electron chi connectivity index (χ2n) is 6.00. The standard InChI is InChI=1S/C16H22S/c1-10-13-5-3-4-6-14(13)11(2)16-9-12(17)7-8-15(10)16/h7-11,13-14,17H,3-6H2,1-2H3. The van der Waals surface area contributed by atoms with Crippen molar-refractivity contribution in [3.8, 4) is 0 Å². The Morgan fingerprint density at radius 3 is 2.18 bits per heavy atom. The van der Waals surface area contributed by atoms with Crippen molar-refractivity contribution in [1.82, 2.24) is 0 Å². The van der Waals surface area contributed by atoms with Crippen molar-refractivity contribution in [3.63, 3.8) is 0 Å². The second kappa shape index (κ2) is 4.35. The van der Waals surface area contributed by atoms with Gasteiger partial charge in [-0.2, -0.15) is 0 Å². The Morgan fingerprint density at radius 2 is 1.53 bits per heavy atom. The van der Waals surface area contributed by atoms with E-state index in [1.807, 2.05) is 0 Å². The summed E-state index contributed by atoms with van der Waals surface area (Å²) in [6.45, 7) is 4.87. The Labute approximate surface area is 110 Å². The average Bonchev–Trinajstić information content (AvgIpc) is 2.36. The molecule has 4 atom stereocenters. The number of thiol groups is 1. The monoisotopic (exact) mass is 246 g/mol. The van der Waals surface area contributed by atoms with Crippen LogP contribution in [0.25, 0.3) is 0 Å². The van der Waals surface area contributed by atoms with E-state index in [2.05, 4.69) is 44.7 Å². The van der Waals surface area contributed by atoms with E-state index in [4.69, 9.17) is 0 Å². The molecule has 0 amide bonds. The quantitative estimate of drug-likeness (QED) is 0.612. The van der Waals surface area contributed by atoms with E-state index in [1.54, 1.807) is 11.1 Å². The van der Waals surface area contributed by atoms with Gasteiger partial charge in [0.2, 0.25) is 0 Å². The SMILES string of the molecule is CC1c2ccc(S)cc2C(C)C2CCCCC12. The predicted octanol–water partition coefficient (Wildman–Crippen LogP) is 5.00. The summed E-state index contributed by atoms with van der Waals surface area (Å²) in [5, 5.41) is 0. The summed E-state index contributed by atoms with van der Waals surface area (Å²) in [5.41, 5.74) is 3.17. The normalized spacial score (nSPS) is 36.2. The molecule has 2 aliphatic rings. The Kier molecular flexibility index (Phi) is 2.98. The van der Waals surface area contributed by atoms with Crippen LogP contribution in [0.3, 0.4) is 0 Å². The number of hydrogen-bond acceptors (Lipinski definition) is 1. The van der Waals surface area contributed by atoms with Gasteiger partial charge >= 0.3 is 0 Å². The molecule has 0 nitrogen and oxygen atoms in total. The van der Waals surface area contributed by atoms with Crippen molar-refractivity contribution in [2.24, 2.45) is 11.8 Å². The molecule has 17 heavy (non-hydrogen) atoms. The summed E-state index contributed by atoms with van der Waals surface area (Å²) in [6.07, 6.45) is 5.76. The molecule has 0 aromatic heterocycles. The van der Waals surface area contributed by atoms with Crippen LogP contribution < -0.4 is 0 Å². The van der Waals surface area contributed by atoms with Gasteiger partial charge in [-0.3, -0.25) is 0 Å². The first-order valence-corrected chi connectivity index (χ1v) is 7.46. The fraction of sp³-hybridized carbons (Fsp3) is 0.625. The van der Waals surface area contributed by atoms with Crippen LogP contribution in [0.15, 0.2) is 23.1 Å². The van der Waals surface area contributed by atoms with Crippen LogP contribution in [0.2, 0.25) is 0 Å². The summed E-state index contributed by atoms with van der Waals surface area (Å²) in [5.74, 6) is 3.33.